The van der Waals surface area contributed by atoms with Crippen molar-refractivity contribution in [2.45, 2.75) is 248 Å². The van der Waals surface area contributed by atoms with Gasteiger partial charge < -0.3 is 34.3 Å². The van der Waals surface area contributed by atoms with Crippen molar-refractivity contribution in [3.8, 4) is 11.5 Å². The Labute approximate surface area is 536 Å². The number of rotatable bonds is 28. The summed E-state index contributed by atoms with van der Waals surface area (Å²) in [7, 11) is 0. The predicted octanol–water partition coefficient (Wildman–Crippen LogP) is 18.5. The van der Waals surface area contributed by atoms with Gasteiger partial charge in [0.1, 0.15) is 36.9 Å². The molecule has 8 aliphatic rings. The summed E-state index contributed by atoms with van der Waals surface area (Å²) in [6, 6.07) is 14.4. The zero-order valence-electron chi connectivity index (χ0n) is 56.7. The third-order valence-corrected chi connectivity index (χ3v) is 25.5. The lowest BCUT2D eigenvalue weighted by Crippen LogP contribution is -2.51. The van der Waals surface area contributed by atoms with Crippen LogP contribution in [0.15, 0.2) is 71.8 Å². The van der Waals surface area contributed by atoms with E-state index in [0.717, 1.165) is 110 Å². The highest BCUT2D eigenvalue weighted by Gasteiger charge is 2.61. The average molecular weight is 1230 g/mol. The normalized spacial score (nSPS) is 33.4. The Morgan fingerprint density at radius 1 is 0.472 bits per heavy atom. The molecule has 11 heteroatoms. The van der Waals surface area contributed by atoms with Gasteiger partial charge >= 0.3 is 11.9 Å². The van der Waals surface area contributed by atoms with E-state index in [9.17, 15) is 19.2 Å². The number of carbonyl (C=O) groups excluding carboxylic acids is 4. The molecular formula is C78H116N2O9. The standard InChI is InChI=1S/C78H116N2O9/c1-51(2)13-11-15-53(5)65-29-31-67-63-27-17-55-49-61(37-41-75(55,7)69(63)39-43-77(65,67)9)88-73(83)35-33-71(81)79-57-19-23-59(24-20-57)86-47-45-85-46-48-87-60-25-21-58(22-26-60)80-72(82)34-36-74(84)89-62-38-42-76(8)56(50-62)18-28-64-68-32-30-66(54(6)16-12-14-52(3)4)78(68,10)44-40-70(64)76/h17-26,51-54,61-70H,11-16,27-50H2,1-10H3,(H,79,81)(H,80,82)/t53-,54-,61+,62+,63+,64+,65-,66-,67+,68+,69+,70+,75+,76+,77-,78-/m1/s1. The van der Waals surface area contributed by atoms with E-state index >= 15 is 0 Å². The van der Waals surface area contributed by atoms with Gasteiger partial charge in [0.25, 0.3) is 0 Å². The number of esters is 2. The minimum atomic E-state index is -0.297. The van der Waals surface area contributed by atoms with Crippen molar-refractivity contribution in [3.05, 3.63) is 71.8 Å². The predicted molar refractivity (Wildman–Crippen MR) is 356 cm³/mol. The van der Waals surface area contributed by atoms with Crippen molar-refractivity contribution in [3.63, 3.8) is 0 Å². The Morgan fingerprint density at radius 3 is 1.27 bits per heavy atom. The van der Waals surface area contributed by atoms with Gasteiger partial charge in [-0.25, -0.2) is 0 Å². The van der Waals surface area contributed by atoms with E-state index in [1.54, 1.807) is 48.5 Å². The lowest BCUT2D eigenvalue weighted by atomic mass is 9.47. The maximum absolute atomic E-state index is 13.1. The van der Waals surface area contributed by atoms with E-state index in [4.69, 9.17) is 23.7 Å². The second kappa shape index (κ2) is 29.5. The van der Waals surface area contributed by atoms with Crippen LogP contribution in [0.3, 0.4) is 0 Å². The monoisotopic (exact) mass is 1220 g/mol. The van der Waals surface area contributed by atoms with Crippen LogP contribution in [-0.4, -0.2) is 62.4 Å². The van der Waals surface area contributed by atoms with Crippen molar-refractivity contribution >= 4 is 35.1 Å². The van der Waals surface area contributed by atoms with Gasteiger partial charge in [-0.1, -0.05) is 131 Å². The Morgan fingerprint density at radius 2 is 0.876 bits per heavy atom. The second-order valence-electron chi connectivity index (χ2n) is 31.7. The van der Waals surface area contributed by atoms with Crippen LogP contribution in [0.25, 0.3) is 0 Å². The maximum atomic E-state index is 13.1. The summed E-state index contributed by atoms with van der Waals surface area (Å²) in [5.74, 6) is 9.86. The summed E-state index contributed by atoms with van der Waals surface area (Å²) >= 11 is 0. The Balaban J connectivity index is 0.552. The Bertz CT molecular complexity index is 2580. The van der Waals surface area contributed by atoms with Crippen molar-refractivity contribution in [1.82, 2.24) is 0 Å². The highest BCUT2D eigenvalue weighted by atomic mass is 16.6. The van der Waals surface area contributed by atoms with Gasteiger partial charge in [-0.2, -0.15) is 0 Å². The molecule has 2 aromatic carbocycles. The molecule has 6 fully saturated rings. The molecule has 6 saturated carbocycles. The minimum Gasteiger partial charge on any atom is -0.491 e. The summed E-state index contributed by atoms with van der Waals surface area (Å²) in [4.78, 5) is 52.0. The number of hydrogen-bond acceptors (Lipinski definition) is 9. The molecule has 16 atom stereocenters. The van der Waals surface area contributed by atoms with Crippen molar-refractivity contribution in [2.75, 3.05) is 37.1 Å². The van der Waals surface area contributed by atoms with Crippen LogP contribution in [0, 0.1) is 92.7 Å². The fourth-order valence-corrected chi connectivity index (χ4v) is 20.7. The molecule has 0 aromatic heterocycles. The first kappa shape index (κ1) is 67.3. The van der Waals surface area contributed by atoms with Crippen molar-refractivity contribution in [2.24, 2.45) is 92.7 Å². The smallest absolute Gasteiger partial charge is 0.306 e. The Kier molecular flexibility index (Phi) is 22.3. The SMILES string of the molecule is CC(C)CCC[C@@H](C)[C@H]1CC[C@H]2[C@@H]3CC=C4C[C@@H](OC(=O)CCC(=O)Nc5ccc(OCCOCCOc6ccc(NC(=O)CCC(=O)O[C@H]7CC[C@@]8(C)C(=CC[C@H]9[C@@H]%10CC[C@H]([C@H](C)CCCC(C)C)[C@@]%10(C)CC[C@@H]98)C7)cc6)cc5)CC[C@]4(C)[C@H]3CC[C@]12C. The van der Waals surface area contributed by atoms with Crippen molar-refractivity contribution in [1.29, 1.82) is 0 Å². The molecule has 89 heavy (non-hydrogen) atoms. The van der Waals surface area contributed by atoms with Crippen LogP contribution >= 0.6 is 0 Å². The average Bonchev–Trinajstić information content (AvgIpc) is 1.78. The molecular weight excluding hydrogens is 1110 g/mol. The van der Waals surface area contributed by atoms with E-state index in [0.29, 0.717) is 60.1 Å². The molecule has 11 nitrogen and oxygen atoms in total. The zero-order valence-corrected chi connectivity index (χ0v) is 56.7. The topological polar surface area (TPSA) is 138 Å². The first-order valence-corrected chi connectivity index (χ1v) is 36.1. The van der Waals surface area contributed by atoms with E-state index in [1.165, 1.54) is 114 Å². The molecule has 0 heterocycles. The fraction of sp³-hybridized carbons (Fsp3) is 0.744. The number of ether oxygens (including phenoxy) is 5. The number of amides is 2. The minimum absolute atomic E-state index is 0.0549. The number of fused-ring (bicyclic) bond motifs is 10. The highest BCUT2D eigenvalue weighted by Crippen LogP contribution is 2.69. The van der Waals surface area contributed by atoms with Gasteiger partial charge in [0.2, 0.25) is 11.8 Å². The molecule has 492 valence electrons. The molecule has 0 bridgehead atoms. The second-order valence-corrected chi connectivity index (χ2v) is 31.7. The first-order chi connectivity index (χ1) is 42.6. The maximum Gasteiger partial charge on any atom is 0.306 e. The number of benzene rings is 2. The van der Waals surface area contributed by atoms with Gasteiger partial charge in [0.15, 0.2) is 0 Å². The Hall–Kier alpha value is -4.64. The van der Waals surface area contributed by atoms with Crippen molar-refractivity contribution < 1.29 is 42.9 Å². The van der Waals surface area contributed by atoms with Crippen LogP contribution in [0.2, 0.25) is 0 Å². The lowest BCUT2D eigenvalue weighted by Gasteiger charge is -2.58. The summed E-state index contributed by atoms with van der Waals surface area (Å²) in [5.41, 5.74) is 5.64. The molecule has 8 aliphatic carbocycles. The number of allylic oxidation sites excluding steroid dienone is 2. The quantitative estimate of drug-likeness (QED) is 0.0484. The third-order valence-electron chi connectivity index (χ3n) is 25.5. The summed E-state index contributed by atoms with van der Waals surface area (Å²) in [5, 5.41) is 5.82. The summed E-state index contributed by atoms with van der Waals surface area (Å²) in [6.45, 7) is 26.3. The summed E-state index contributed by atoms with van der Waals surface area (Å²) < 4.78 is 29.6. The molecule has 0 radical (unpaired) electrons. The number of carbonyl (C=O) groups is 4. The third kappa shape index (κ3) is 15.7. The largest absolute Gasteiger partial charge is 0.491 e. The molecule has 0 unspecified atom stereocenters. The van der Waals surface area contributed by atoms with Crippen LogP contribution in [0.5, 0.6) is 11.5 Å². The molecule has 2 N–H and O–H groups in total. The summed E-state index contributed by atoms with van der Waals surface area (Å²) in [6.07, 6.45) is 32.2. The van der Waals surface area contributed by atoms with Gasteiger partial charge in [0.05, 0.1) is 26.1 Å². The first-order valence-electron chi connectivity index (χ1n) is 36.1. The van der Waals surface area contributed by atoms with Crippen LogP contribution in [0.4, 0.5) is 11.4 Å². The highest BCUT2D eigenvalue weighted by molar-refractivity contribution is 5.93. The fourth-order valence-electron chi connectivity index (χ4n) is 20.7. The van der Waals surface area contributed by atoms with Gasteiger partial charge in [0, 0.05) is 37.1 Å². The van der Waals surface area contributed by atoms with Gasteiger partial charge in [-0.15, -0.1) is 0 Å². The van der Waals surface area contributed by atoms with E-state index < -0.39 is 0 Å². The van der Waals surface area contributed by atoms with Gasteiger partial charge in [-0.05, 0) is 231 Å². The van der Waals surface area contributed by atoms with Crippen LogP contribution in [-0.2, 0) is 33.4 Å². The molecule has 2 amide bonds. The molecule has 2 aromatic rings. The number of nitrogens with one attached hydrogen (secondary N) is 2. The molecule has 0 aliphatic heterocycles. The lowest BCUT2D eigenvalue weighted by molar-refractivity contribution is -0.153. The zero-order chi connectivity index (χ0) is 63.1. The van der Waals surface area contributed by atoms with E-state index in [-0.39, 0.29) is 72.5 Å². The number of anilines is 2. The van der Waals surface area contributed by atoms with Gasteiger partial charge in [-0.3, -0.25) is 19.2 Å². The van der Waals surface area contributed by atoms with E-state index in [2.05, 4.69) is 92.0 Å². The molecule has 10 rings (SSSR count). The number of hydrogen-bond donors (Lipinski definition) is 2. The van der Waals surface area contributed by atoms with E-state index in [1.807, 2.05) is 0 Å². The van der Waals surface area contributed by atoms with Crippen LogP contribution in [0.1, 0.15) is 236 Å². The molecule has 0 spiro atoms. The molecule has 0 saturated heterocycles. The van der Waals surface area contributed by atoms with Crippen LogP contribution < -0.4 is 20.1 Å².